The Morgan fingerprint density at radius 3 is 2.12 bits per heavy atom. The van der Waals surface area contributed by atoms with Crippen LogP contribution in [0.2, 0.25) is 0 Å². The molecule has 0 aliphatic heterocycles. The average Bonchev–Trinajstić information content (AvgIpc) is 2.63. The zero-order chi connectivity index (χ0) is 18.3. The van der Waals surface area contributed by atoms with Crippen molar-refractivity contribution in [3.63, 3.8) is 0 Å². The smallest absolute Gasteiger partial charge is 0.208 e. The normalized spacial score (nSPS) is 10.8. The molecule has 1 heterocycles. The van der Waals surface area contributed by atoms with Crippen LogP contribution >= 0.6 is 0 Å². The molecule has 0 unspecified atom stereocenters. The minimum absolute atomic E-state index is 0.0539. The van der Waals surface area contributed by atoms with E-state index in [9.17, 15) is 25.2 Å². The number of ether oxygens (including phenoxy) is 2. The van der Waals surface area contributed by atoms with Crippen LogP contribution in [0.1, 0.15) is 0 Å². The minimum atomic E-state index is -1.00. The molecule has 0 fully saturated rings. The first kappa shape index (κ1) is 16.3. The van der Waals surface area contributed by atoms with Crippen LogP contribution in [-0.2, 0) is 0 Å². The van der Waals surface area contributed by atoms with Crippen molar-refractivity contribution >= 4 is 11.0 Å². The van der Waals surface area contributed by atoms with E-state index in [0.29, 0.717) is 17.1 Å². The zero-order valence-electron chi connectivity index (χ0n) is 13.2. The fourth-order valence-electron chi connectivity index (χ4n) is 2.47. The molecule has 2 aromatic carbocycles. The fraction of sp³-hybridized carbons (Fsp3) is 0.118. The molecule has 0 amide bonds. The highest BCUT2D eigenvalue weighted by molar-refractivity contribution is 5.94. The SMILES string of the molecule is COc1ccc(-c2cc(=O)c3c(O)c(O)c(O)c(O)c3o2)cc1OC. The first-order valence-corrected chi connectivity index (χ1v) is 7.05. The number of methoxy groups -OCH3 is 2. The van der Waals surface area contributed by atoms with E-state index in [1.807, 2.05) is 0 Å². The molecule has 3 rings (SSSR count). The largest absolute Gasteiger partial charge is 0.504 e. The second-order valence-electron chi connectivity index (χ2n) is 5.14. The molecule has 8 heteroatoms. The number of rotatable bonds is 3. The third kappa shape index (κ3) is 2.44. The Morgan fingerprint density at radius 1 is 0.840 bits per heavy atom. The molecule has 4 N–H and O–H groups in total. The Morgan fingerprint density at radius 2 is 1.48 bits per heavy atom. The van der Waals surface area contributed by atoms with Crippen molar-refractivity contribution in [3.05, 3.63) is 34.5 Å². The molecule has 8 nitrogen and oxygen atoms in total. The van der Waals surface area contributed by atoms with Crippen molar-refractivity contribution < 1.29 is 34.3 Å². The predicted molar refractivity (Wildman–Crippen MR) is 87.7 cm³/mol. The molecular weight excluding hydrogens is 332 g/mol. The van der Waals surface area contributed by atoms with E-state index >= 15 is 0 Å². The molecule has 3 aromatic rings. The molecule has 0 saturated heterocycles. The second kappa shape index (κ2) is 5.82. The lowest BCUT2D eigenvalue weighted by Gasteiger charge is -2.11. The monoisotopic (exact) mass is 346 g/mol. The maximum Gasteiger partial charge on any atom is 0.208 e. The molecule has 0 spiro atoms. The third-order valence-electron chi connectivity index (χ3n) is 3.74. The van der Waals surface area contributed by atoms with E-state index < -0.39 is 39.4 Å². The van der Waals surface area contributed by atoms with Crippen molar-refractivity contribution in [3.8, 4) is 45.8 Å². The lowest BCUT2D eigenvalue weighted by molar-refractivity contribution is 0.346. The van der Waals surface area contributed by atoms with Crippen LogP contribution in [0.3, 0.4) is 0 Å². The highest BCUT2D eigenvalue weighted by Crippen LogP contribution is 2.48. The summed E-state index contributed by atoms with van der Waals surface area (Å²) in [6.45, 7) is 0. The van der Waals surface area contributed by atoms with Crippen LogP contribution in [0.25, 0.3) is 22.3 Å². The highest BCUT2D eigenvalue weighted by Gasteiger charge is 2.23. The fourth-order valence-corrected chi connectivity index (χ4v) is 2.47. The van der Waals surface area contributed by atoms with Gasteiger partial charge >= 0.3 is 0 Å². The van der Waals surface area contributed by atoms with Crippen molar-refractivity contribution in [1.82, 2.24) is 0 Å². The van der Waals surface area contributed by atoms with Gasteiger partial charge in [-0.15, -0.1) is 0 Å². The maximum absolute atomic E-state index is 12.3. The summed E-state index contributed by atoms with van der Waals surface area (Å²) in [5.74, 6) is -2.81. The van der Waals surface area contributed by atoms with Gasteiger partial charge in [0.05, 0.1) is 14.2 Å². The standard InChI is InChI=1S/C17H14O8/c1-23-9-4-3-7(5-11(9)24-2)10-6-8(18)12-13(19)14(20)15(21)16(22)17(12)25-10/h3-6,19-22H,1-2H3. The van der Waals surface area contributed by atoms with Crippen LogP contribution in [0, 0.1) is 0 Å². The van der Waals surface area contributed by atoms with E-state index in [2.05, 4.69) is 0 Å². The maximum atomic E-state index is 12.3. The Labute approximate surface area is 140 Å². The number of aromatic hydroxyl groups is 4. The molecule has 0 saturated carbocycles. The summed E-state index contributed by atoms with van der Waals surface area (Å²) in [5, 5.41) is 38.5. The molecule has 25 heavy (non-hydrogen) atoms. The summed E-state index contributed by atoms with van der Waals surface area (Å²) in [7, 11) is 2.92. The topological polar surface area (TPSA) is 130 Å². The van der Waals surface area contributed by atoms with Crippen molar-refractivity contribution in [2.75, 3.05) is 14.2 Å². The summed E-state index contributed by atoms with van der Waals surface area (Å²) in [6, 6.07) is 5.84. The minimum Gasteiger partial charge on any atom is -0.504 e. The summed E-state index contributed by atoms with van der Waals surface area (Å²) >= 11 is 0. The summed E-state index contributed by atoms with van der Waals surface area (Å²) in [6.07, 6.45) is 0. The van der Waals surface area contributed by atoms with E-state index in [4.69, 9.17) is 13.9 Å². The first-order chi connectivity index (χ1) is 11.9. The van der Waals surface area contributed by atoms with Gasteiger partial charge in [-0.25, -0.2) is 0 Å². The zero-order valence-corrected chi connectivity index (χ0v) is 13.2. The van der Waals surface area contributed by atoms with E-state index in [1.165, 1.54) is 14.2 Å². The Hall–Kier alpha value is -3.55. The number of fused-ring (bicyclic) bond motifs is 1. The quantitative estimate of drug-likeness (QED) is 0.420. The number of phenols is 4. The van der Waals surface area contributed by atoms with Crippen LogP contribution in [0.15, 0.2) is 33.5 Å². The van der Waals surface area contributed by atoms with Crippen LogP contribution in [-0.4, -0.2) is 34.6 Å². The van der Waals surface area contributed by atoms with Gasteiger partial charge in [0.2, 0.25) is 17.2 Å². The van der Waals surface area contributed by atoms with Crippen molar-refractivity contribution in [1.29, 1.82) is 0 Å². The van der Waals surface area contributed by atoms with Crippen molar-refractivity contribution in [2.24, 2.45) is 0 Å². The molecule has 0 aliphatic carbocycles. The third-order valence-corrected chi connectivity index (χ3v) is 3.74. The van der Waals surface area contributed by atoms with Gasteiger partial charge in [0, 0.05) is 11.6 Å². The second-order valence-corrected chi connectivity index (χ2v) is 5.14. The Kier molecular flexibility index (Phi) is 3.80. The number of phenolic OH excluding ortho intramolecular Hbond substituents is 4. The van der Waals surface area contributed by atoms with Gasteiger partial charge in [-0.05, 0) is 18.2 Å². The lowest BCUT2D eigenvalue weighted by Crippen LogP contribution is -2.01. The van der Waals surface area contributed by atoms with Gasteiger partial charge in [0.25, 0.3) is 0 Å². The van der Waals surface area contributed by atoms with Crippen LogP contribution < -0.4 is 14.9 Å². The van der Waals surface area contributed by atoms with Crippen molar-refractivity contribution in [2.45, 2.75) is 0 Å². The van der Waals surface area contributed by atoms with Gasteiger partial charge in [-0.1, -0.05) is 0 Å². The van der Waals surface area contributed by atoms with Crippen LogP contribution in [0.4, 0.5) is 0 Å². The van der Waals surface area contributed by atoms with Crippen LogP contribution in [0.5, 0.6) is 34.5 Å². The number of benzene rings is 2. The predicted octanol–water partition coefficient (Wildman–Crippen LogP) is 2.30. The molecule has 0 radical (unpaired) electrons. The van der Waals surface area contributed by atoms with E-state index in [-0.39, 0.29) is 5.76 Å². The molecule has 0 bridgehead atoms. The molecule has 0 aliphatic rings. The van der Waals surface area contributed by atoms with Gasteiger partial charge in [0.15, 0.2) is 28.3 Å². The van der Waals surface area contributed by atoms with E-state index in [1.54, 1.807) is 18.2 Å². The Bertz CT molecular complexity index is 1040. The Balaban J connectivity index is 2.31. The first-order valence-electron chi connectivity index (χ1n) is 7.05. The molecular formula is C17H14O8. The van der Waals surface area contributed by atoms with Gasteiger partial charge in [0.1, 0.15) is 11.1 Å². The van der Waals surface area contributed by atoms with Gasteiger partial charge in [-0.3, -0.25) is 4.79 Å². The lowest BCUT2D eigenvalue weighted by atomic mass is 10.1. The van der Waals surface area contributed by atoms with E-state index in [0.717, 1.165) is 6.07 Å². The highest BCUT2D eigenvalue weighted by atomic mass is 16.5. The average molecular weight is 346 g/mol. The summed E-state index contributed by atoms with van der Waals surface area (Å²) < 4.78 is 15.8. The molecule has 0 atom stereocenters. The molecule has 1 aromatic heterocycles. The molecule has 130 valence electrons. The van der Waals surface area contributed by atoms with Gasteiger partial charge in [-0.2, -0.15) is 0 Å². The summed E-state index contributed by atoms with van der Waals surface area (Å²) in [4.78, 5) is 12.3. The van der Waals surface area contributed by atoms with Gasteiger partial charge < -0.3 is 34.3 Å². The summed E-state index contributed by atoms with van der Waals surface area (Å²) in [5.41, 5.74) is -0.734. The number of hydrogen-bond acceptors (Lipinski definition) is 8. The number of hydrogen-bond donors (Lipinski definition) is 4.